The van der Waals surface area contributed by atoms with Crippen LogP contribution in [0.15, 0.2) is 12.1 Å². The average Bonchev–Trinajstić information content (AvgIpc) is 2.34. The van der Waals surface area contributed by atoms with E-state index in [0.29, 0.717) is 35.8 Å². The molecule has 0 atom stereocenters. The molecule has 0 spiro atoms. The number of fused-ring (bicyclic) bond motifs is 1. The molecule has 4 nitrogen and oxygen atoms in total. The van der Waals surface area contributed by atoms with Crippen LogP contribution in [0.1, 0.15) is 45.2 Å². The summed E-state index contributed by atoms with van der Waals surface area (Å²) < 4.78 is 25.5. The van der Waals surface area contributed by atoms with E-state index in [1.165, 1.54) is 13.8 Å². The summed E-state index contributed by atoms with van der Waals surface area (Å²) in [4.78, 5) is 11.1. The van der Waals surface area contributed by atoms with Crippen LogP contribution in [0.5, 0.6) is 11.5 Å². The lowest BCUT2D eigenvalue weighted by molar-refractivity contribution is -0.138. The maximum Gasteiger partial charge on any atom is 0.304 e. The van der Waals surface area contributed by atoms with Crippen LogP contribution >= 0.6 is 0 Å². The third kappa shape index (κ3) is 3.28. The number of halogens is 1. The van der Waals surface area contributed by atoms with E-state index in [-0.39, 0.29) is 6.42 Å². The lowest BCUT2D eigenvalue weighted by Crippen LogP contribution is -2.26. The minimum atomic E-state index is -1.54. The zero-order valence-electron chi connectivity index (χ0n) is 12.8. The summed E-state index contributed by atoms with van der Waals surface area (Å²) in [7, 11) is 0. The van der Waals surface area contributed by atoms with E-state index in [2.05, 4.69) is 0 Å². The maximum atomic E-state index is 14.3. The predicted molar refractivity (Wildman–Crippen MR) is 76.8 cm³/mol. The fourth-order valence-electron chi connectivity index (χ4n) is 2.47. The number of benzene rings is 1. The van der Waals surface area contributed by atoms with E-state index in [1.807, 2.05) is 13.8 Å². The van der Waals surface area contributed by atoms with Crippen molar-refractivity contribution in [2.75, 3.05) is 13.2 Å². The van der Waals surface area contributed by atoms with Crippen molar-refractivity contribution in [1.29, 1.82) is 0 Å². The summed E-state index contributed by atoms with van der Waals surface area (Å²) in [6.45, 7) is 7.36. The molecule has 21 heavy (non-hydrogen) atoms. The van der Waals surface area contributed by atoms with Gasteiger partial charge in [0.05, 0.1) is 6.42 Å². The fraction of sp³-hybridized carbons (Fsp3) is 0.562. The summed E-state index contributed by atoms with van der Waals surface area (Å²) in [5, 5.41) is 9.10. The summed E-state index contributed by atoms with van der Waals surface area (Å²) in [6.07, 6.45) is -0.0705. The zero-order valence-corrected chi connectivity index (χ0v) is 12.8. The van der Waals surface area contributed by atoms with Gasteiger partial charge in [-0.25, -0.2) is 4.39 Å². The Hall–Kier alpha value is -1.78. The van der Waals surface area contributed by atoms with Crippen LogP contribution < -0.4 is 9.47 Å². The molecule has 0 saturated carbocycles. The monoisotopic (exact) mass is 296 g/mol. The molecule has 1 aromatic carbocycles. The van der Waals surface area contributed by atoms with Crippen molar-refractivity contribution >= 4 is 5.97 Å². The number of aliphatic carboxylic acids is 1. The number of hydrogen-bond acceptors (Lipinski definition) is 3. The zero-order chi connectivity index (χ0) is 15.8. The molecular weight excluding hydrogens is 275 g/mol. The first-order chi connectivity index (χ1) is 9.61. The summed E-state index contributed by atoms with van der Waals surface area (Å²) >= 11 is 0. The smallest absolute Gasteiger partial charge is 0.304 e. The fourth-order valence-corrected chi connectivity index (χ4v) is 2.47. The Balaban J connectivity index is 2.59. The quantitative estimate of drug-likeness (QED) is 0.925. The average molecular weight is 296 g/mol. The van der Waals surface area contributed by atoms with Crippen LogP contribution in [0.25, 0.3) is 0 Å². The Morgan fingerprint density at radius 3 is 2.43 bits per heavy atom. The van der Waals surface area contributed by atoms with Crippen molar-refractivity contribution < 1.29 is 23.8 Å². The van der Waals surface area contributed by atoms with Gasteiger partial charge in [-0.05, 0) is 31.5 Å². The Morgan fingerprint density at radius 2 is 1.86 bits per heavy atom. The lowest BCUT2D eigenvalue weighted by atomic mass is 9.79. The van der Waals surface area contributed by atoms with Crippen molar-refractivity contribution in [1.82, 2.24) is 0 Å². The van der Waals surface area contributed by atoms with Crippen molar-refractivity contribution in [3.05, 3.63) is 23.3 Å². The number of ether oxygens (including phenoxy) is 2. The number of carboxylic acids is 1. The van der Waals surface area contributed by atoms with E-state index >= 15 is 0 Å². The molecule has 1 aliphatic heterocycles. The second kappa shape index (κ2) is 5.20. The highest BCUT2D eigenvalue weighted by atomic mass is 19.1. The van der Waals surface area contributed by atoms with Gasteiger partial charge in [-0.3, -0.25) is 4.79 Å². The maximum absolute atomic E-state index is 14.3. The van der Waals surface area contributed by atoms with E-state index in [4.69, 9.17) is 14.6 Å². The molecule has 0 bridgehead atoms. The summed E-state index contributed by atoms with van der Waals surface area (Å²) in [5.74, 6) is 0.105. The van der Waals surface area contributed by atoms with Crippen LogP contribution in [-0.4, -0.2) is 24.3 Å². The minimum absolute atomic E-state index is 0.0705. The summed E-state index contributed by atoms with van der Waals surface area (Å²) in [6, 6.07) is 3.32. The van der Waals surface area contributed by atoms with Crippen molar-refractivity contribution in [3.8, 4) is 11.5 Å². The number of carboxylic acid groups (broad SMARTS) is 1. The minimum Gasteiger partial charge on any atom is -0.486 e. The molecule has 1 aliphatic rings. The van der Waals surface area contributed by atoms with Gasteiger partial charge in [0, 0.05) is 11.0 Å². The third-order valence-corrected chi connectivity index (χ3v) is 3.65. The molecule has 1 N–H and O–H groups in total. The van der Waals surface area contributed by atoms with Crippen LogP contribution in [0.3, 0.4) is 0 Å². The number of hydrogen-bond donors (Lipinski definition) is 1. The molecular formula is C16H21FO4. The Labute approximate surface area is 123 Å². The predicted octanol–water partition coefficient (Wildman–Crippen LogP) is 3.41. The first-order valence-corrected chi connectivity index (χ1v) is 6.96. The van der Waals surface area contributed by atoms with E-state index in [0.717, 1.165) is 0 Å². The van der Waals surface area contributed by atoms with Crippen LogP contribution in [-0.2, 0) is 15.9 Å². The molecule has 0 aromatic heterocycles. The van der Waals surface area contributed by atoms with Gasteiger partial charge in [-0.1, -0.05) is 13.8 Å². The first-order valence-electron chi connectivity index (χ1n) is 6.96. The normalized spacial score (nSPS) is 14.9. The SMILES string of the molecule is CC(C)(F)c1cc2c(c(C(C)(C)CC(=O)O)c1)OCCO2. The standard InChI is InChI=1S/C16H21FO4/c1-15(2,9-13(18)19)11-7-10(16(3,4)17)8-12-14(11)21-6-5-20-12/h7-8H,5-6,9H2,1-4H3,(H,18,19). The van der Waals surface area contributed by atoms with Crippen molar-refractivity contribution in [2.45, 2.75) is 45.2 Å². The molecule has 2 rings (SSSR count). The van der Waals surface area contributed by atoms with E-state index in [1.54, 1.807) is 12.1 Å². The molecule has 0 amide bonds. The van der Waals surface area contributed by atoms with Gasteiger partial charge in [0.2, 0.25) is 0 Å². The number of alkyl halides is 1. The van der Waals surface area contributed by atoms with Crippen LogP contribution in [0, 0.1) is 0 Å². The second-order valence-corrected chi connectivity index (χ2v) is 6.47. The molecule has 0 radical (unpaired) electrons. The van der Waals surface area contributed by atoms with Gasteiger partial charge in [0.1, 0.15) is 18.9 Å². The topological polar surface area (TPSA) is 55.8 Å². The Bertz CT molecular complexity index is 558. The van der Waals surface area contributed by atoms with Gasteiger partial charge in [-0.15, -0.1) is 0 Å². The Kier molecular flexibility index (Phi) is 3.87. The molecule has 116 valence electrons. The number of carbonyl (C=O) groups is 1. The van der Waals surface area contributed by atoms with E-state index in [9.17, 15) is 9.18 Å². The highest BCUT2D eigenvalue weighted by molar-refractivity contribution is 5.70. The molecule has 1 heterocycles. The van der Waals surface area contributed by atoms with Gasteiger partial charge in [0.25, 0.3) is 0 Å². The highest BCUT2D eigenvalue weighted by Crippen LogP contribution is 2.45. The molecule has 5 heteroatoms. The van der Waals surface area contributed by atoms with Crippen LogP contribution in [0.4, 0.5) is 4.39 Å². The largest absolute Gasteiger partial charge is 0.486 e. The molecule has 0 saturated heterocycles. The third-order valence-electron chi connectivity index (χ3n) is 3.65. The second-order valence-electron chi connectivity index (χ2n) is 6.47. The lowest BCUT2D eigenvalue weighted by Gasteiger charge is -2.31. The molecule has 1 aromatic rings. The van der Waals surface area contributed by atoms with Crippen molar-refractivity contribution in [2.24, 2.45) is 0 Å². The number of rotatable bonds is 4. The van der Waals surface area contributed by atoms with Crippen LogP contribution in [0.2, 0.25) is 0 Å². The Morgan fingerprint density at radius 1 is 1.24 bits per heavy atom. The van der Waals surface area contributed by atoms with Gasteiger partial charge in [0.15, 0.2) is 11.5 Å². The van der Waals surface area contributed by atoms with Gasteiger partial charge in [-0.2, -0.15) is 0 Å². The summed E-state index contributed by atoms with van der Waals surface area (Å²) in [5.41, 5.74) is -1.09. The molecule has 0 unspecified atom stereocenters. The highest BCUT2D eigenvalue weighted by Gasteiger charge is 2.33. The first kappa shape index (κ1) is 15.6. The molecule has 0 aliphatic carbocycles. The van der Waals surface area contributed by atoms with Gasteiger partial charge < -0.3 is 14.6 Å². The van der Waals surface area contributed by atoms with Gasteiger partial charge >= 0.3 is 5.97 Å². The molecule has 0 fully saturated rings. The van der Waals surface area contributed by atoms with E-state index < -0.39 is 17.1 Å². The van der Waals surface area contributed by atoms with Crippen molar-refractivity contribution in [3.63, 3.8) is 0 Å².